The average Bonchev–Trinajstić information content (AvgIpc) is 3.17. The lowest BCUT2D eigenvalue weighted by Crippen LogP contribution is -2.18. The lowest BCUT2D eigenvalue weighted by molar-refractivity contribution is 0.0950. The van der Waals surface area contributed by atoms with Crippen LogP contribution in [0.1, 0.15) is 21.5 Å². The van der Waals surface area contributed by atoms with E-state index in [-0.39, 0.29) is 5.91 Å². The largest absolute Gasteiger partial charge is 0.488 e. The van der Waals surface area contributed by atoms with Gasteiger partial charge in [0.1, 0.15) is 12.4 Å². The number of hydrogen-bond acceptors (Lipinski definition) is 3. The highest BCUT2D eigenvalue weighted by molar-refractivity contribution is 9.10. The lowest BCUT2D eigenvalue weighted by atomic mass is 10.2. The summed E-state index contributed by atoms with van der Waals surface area (Å²) in [5, 5.41) is 5.15. The van der Waals surface area contributed by atoms with Crippen LogP contribution in [0.2, 0.25) is 0 Å². The summed E-state index contributed by atoms with van der Waals surface area (Å²) >= 11 is 3.41. The fraction of sp³-hybridized carbons (Fsp3) is 0.0435. The molecule has 4 aromatic rings. The van der Waals surface area contributed by atoms with Crippen LogP contribution < -0.4 is 10.2 Å². The number of nitrogens with one attached hydrogen (secondary N) is 2. The summed E-state index contributed by atoms with van der Waals surface area (Å²) in [5.41, 5.74) is 5.95. The summed E-state index contributed by atoms with van der Waals surface area (Å²) in [6, 6.07) is 22.9. The van der Waals surface area contributed by atoms with Gasteiger partial charge in [0.05, 0.1) is 11.8 Å². The Morgan fingerprint density at radius 1 is 1.03 bits per heavy atom. The molecule has 1 aromatic heterocycles. The van der Waals surface area contributed by atoms with Gasteiger partial charge in [0.25, 0.3) is 5.91 Å². The van der Waals surface area contributed by atoms with Gasteiger partial charge in [0.2, 0.25) is 0 Å². The van der Waals surface area contributed by atoms with Crippen LogP contribution in [0.25, 0.3) is 10.9 Å². The van der Waals surface area contributed by atoms with Gasteiger partial charge in [-0.25, -0.2) is 5.43 Å². The van der Waals surface area contributed by atoms with Gasteiger partial charge in [-0.2, -0.15) is 5.10 Å². The van der Waals surface area contributed by atoms with Crippen molar-refractivity contribution in [2.45, 2.75) is 6.61 Å². The third-order valence-corrected chi connectivity index (χ3v) is 4.96. The maximum atomic E-state index is 12.6. The maximum Gasteiger partial charge on any atom is 0.275 e. The van der Waals surface area contributed by atoms with Crippen LogP contribution in [0.15, 0.2) is 88.6 Å². The molecule has 1 heterocycles. The SMILES string of the molecule is O=C(NN=Cc1c[nH]c2ccccc12)c1ccccc1OCc1ccc(Br)cc1. The van der Waals surface area contributed by atoms with Crippen molar-refractivity contribution in [1.29, 1.82) is 0 Å². The second kappa shape index (κ2) is 8.75. The van der Waals surface area contributed by atoms with Crippen LogP contribution in [-0.4, -0.2) is 17.1 Å². The number of nitrogens with zero attached hydrogens (tertiary/aromatic N) is 1. The molecule has 0 atom stereocenters. The molecular weight excluding hydrogens is 430 g/mol. The van der Waals surface area contributed by atoms with Gasteiger partial charge in [-0.15, -0.1) is 0 Å². The van der Waals surface area contributed by atoms with Gasteiger partial charge >= 0.3 is 0 Å². The third kappa shape index (κ3) is 4.55. The first-order chi connectivity index (χ1) is 14.2. The van der Waals surface area contributed by atoms with E-state index in [0.717, 1.165) is 26.5 Å². The Morgan fingerprint density at radius 2 is 1.79 bits per heavy atom. The molecule has 1 amide bonds. The molecule has 144 valence electrons. The van der Waals surface area contributed by atoms with Crippen molar-refractivity contribution in [2.24, 2.45) is 5.10 Å². The van der Waals surface area contributed by atoms with Crippen molar-refractivity contribution in [1.82, 2.24) is 10.4 Å². The summed E-state index contributed by atoms with van der Waals surface area (Å²) in [5.74, 6) is 0.183. The molecule has 0 aliphatic carbocycles. The van der Waals surface area contributed by atoms with Gasteiger partial charge in [-0.05, 0) is 35.9 Å². The van der Waals surface area contributed by atoms with Crippen molar-refractivity contribution in [2.75, 3.05) is 0 Å². The molecule has 4 rings (SSSR count). The van der Waals surface area contributed by atoms with Crippen molar-refractivity contribution in [3.63, 3.8) is 0 Å². The first-order valence-electron chi connectivity index (χ1n) is 9.06. The summed E-state index contributed by atoms with van der Waals surface area (Å²) in [6.45, 7) is 0.371. The summed E-state index contributed by atoms with van der Waals surface area (Å²) in [7, 11) is 0. The van der Waals surface area contributed by atoms with Gasteiger partial charge in [0, 0.05) is 27.1 Å². The topological polar surface area (TPSA) is 66.5 Å². The number of H-pyrrole nitrogens is 1. The maximum absolute atomic E-state index is 12.6. The van der Waals surface area contributed by atoms with Crippen LogP contribution >= 0.6 is 15.9 Å². The molecule has 2 N–H and O–H groups in total. The lowest BCUT2D eigenvalue weighted by Gasteiger charge is -2.10. The summed E-state index contributed by atoms with van der Waals surface area (Å²) < 4.78 is 6.87. The zero-order valence-corrected chi connectivity index (χ0v) is 17.0. The molecule has 0 saturated heterocycles. The number of hydrogen-bond donors (Lipinski definition) is 2. The van der Waals surface area contributed by atoms with Crippen LogP contribution in [-0.2, 0) is 6.61 Å². The molecule has 3 aromatic carbocycles. The van der Waals surface area contributed by atoms with Crippen molar-refractivity contribution in [3.05, 3.63) is 100 Å². The van der Waals surface area contributed by atoms with Gasteiger partial charge < -0.3 is 9.72 Å². The van der Waals surface area contributed by atoms with E-state index in [9.17, 15) is 4.79 Å². The minimum absolute atomic E-state index is 0.326. The second-order valence-electron chi connectivity index (χ2n) is 6.40. The van der Waals surface area contributed by atoms with Gasteiger partial charge in [0.15, 0.2) is 0 Å². The van der Waals surface area contributed by atoms with Gasteiger partial charge in [-0.3, -0.25) is 4.79 Å². The van der Waals surface area contributed by atoms with E-state index < -0.39 is 0 Å². The van der Waals surface area contributed by atoms with E-state index in [1.54, 1.807) is 24.4 Å². The minimum Gasteiger partial charge on any atom is -0.488 e. The van der Waals surface area contributed by atoms with E-state index in [1.165, 1.54) is 0 Å². The Morgan fingerprint density at radius 3 is 2.66 bits per heavy atom. The van der Waals surface area contributed by atoms with Crippen molar-refractivity contribution < 1.29 is 9.53 Å². The predicted octanol–water partition coefficient (Wildman–Crippen LogP) is 5.27. The fourth-order valence-electron chi connectivity index (χ4n) is 2.94. The van der Waals surface area contributed by atoms with Gasteiger partial charge in [-0.1, -0.05) is 58.4 Å². The number of ether oxygens (including phenoxy) is 1. The fourth-order valence-corrected chi connectivity index (χ4v) is 3.21. The molecule has 0 aliphatic rings. The highest BCUT2D eigenvalue weighted by atomic mass is 79.9. The van der Waals surface area contributed by atoms with Crippen LogP contribution in [0.3, 0.4) is 0 Å². The third-order valence-electron chi connectivity index (χ3n) is 4.43. The monoisotopic (exact) mass is 447 g/mol. The molecule has 0 spiro atoms. The Kier molecular flexibility index (Phi) is 5.72. The smallest absolute Gasteiger partial charge is 0.275 e. The molecule has 0 aliphatic heterocycles. The number of amides is 1. The molecule has 5 nitrogen and oxygen atoms in total. The highest BCUT2D eigenvalue weighted by Crippen LogP contribution is 2.20. The standard InChI is InChI=1S/C23H18BrN3O2/c24-18-11-9-16(10-12-18)15-29-22-8-4-2-6-20(22)23(28)27-26-14-17-13-25-21-7-3-1-5-19(17)21/h1-14,25H,15H2,(H,27,28). The summed E-state index contributed by atoms with van der Waals surface area (Å²) in [6.07, 6.45) is 3.48. The normalized spacial score (nSPS) is 11.1. The van der Waals surface area contributed by atoms with Crippen LogP contribution in [0.4, 0.5) is 0 Å². The van der Waals surface area contributed by atoms with Crippen molar-refractivity contribution >= 4 is 39.0 Å². The number of fused-ring (bicyclic) bond motifs is 1. The molecule has 0 saturated carbocycles. The Balaban J connectivity index is 1.44. The van der Waals surface area contributed by atoms with E-state index in [1.807, 2.05) is 60.8 Å². The highest BCUT2D eigenvalue weighted by Gasteiger charge is 2.11. The molecule has 6 heteroatoms. The Labute approximate surface area is 176 Å². The number of aromatic amines is 1. The quantitative estimate of drug-likeness (QED) is 0.312. The number of halogens is 1. The molecule has 0 fully saturated rings. The average molecular weight is 448 g/mol. The van der Waals surface area contributed by atoms with E-state index >= 15 is 0 Å². The molecule has 0 bridgehead atoms. The number of carbonyl (C=O) groups is 1. The molecule has 0 unspecified atom stereocenters. The van der Waals surface area contributed by atoms with E-state index in [4.69, 9.17) is 4.74 Å². The number of aromatic nitrogens is 1. The molecule has 0 radical (unpaired) electrons. The number of carbonyl (C=O) groups excluding carboxylic acids is 1. The van der Waals surface area contributed by atoms with E-state index in [2.05, 4.69) is 31.4 Å². The number of benzene rings is 3. The number of rotatable bonds is 6. The number of hydrazone groups is 1. The van der Waals surface area contributed by atoms with Crippen molar-refractivity contribution in [3.8, 4) is 5.75 Å². The first-order valence-corrected chi connectivity index (χ1v) is 9.86. The van der Waals surface area contributed by atoms with E-state index in [0.29, 0.717) is 17.9 Å². The van der Waals surface area contributed by atoms with Crippen LogP contribution in [0, 0.1) is 0 Å². The molecular formula is C23H18BrN3O2. The predicted molar refractivity (Wildman–Crippen MR) is 118 cm³/mol. The Hall–Kier alpha value is -3.38. The number of para-hydroxylation sites is 2. The van der Waals surface area contributed by atoms with Crippen LogP contribution in [0.5, 0.6) is 5.75 Å². The Bertz CT molecular complexity index is 1170. The zero-order chi connectivity index (χ0) is 20.1. The first kappa shape index (κ1) is 19.0. The molecule has 29 heavy (non-hydrogen) atoms. The summed E-state index contributed by atoms with van der Waals surface area (Å²) in [4.78, 5) is 15.8. The zero-order valence-electron chi connectivity index (χ0n) is 15.4. The second-order valence-corrected chi connectivity index (χ2v) is 7.32. The minimum atomic E-state index is -0.326.